The molecule has 1 amide bonds. The number of nitrogens with zero attached hydrogens (tertiary/aromatic N) is 4. The van der Waals surface area contributed by atoms with Crippen LogP contribution in [-0.4, -0.2) is 42.6 Å². The first-order chi connectivity index (χ1) is 12.9. The van der Waals surface area contributed by atoms with Crippen LogP contribution in [0.25, 0.3) is 16.6 Å². The van der Waals surface area contributed by atoms with Gasteiger partial charge in [-0.25, -0.2) is 4.52 Å². The number of fused-ring (bicyclic) bond motifs is 1. The Labute approximate surface area is 157 Å². The molecule has 0 spiro atoms. The maximum atomic E-state index is 12.0. The summed E-state index contributed by atoms with van der Waals surface area (Å²) in [6, 6.07) is 1.75. The highest BCUT2D eigenvalue weighted by atomic mass is 16.3. The second-order valence-electron chi connectivity index (χ2n) is 7.38. The quantitative estimate of drug-likeness (QED) is 0.613. The van der Waals surface area contributed by atoms with Gasteiger partial charge in [0, 0.05) is 36.1 Å². The molecule has 27 heavy (non-hydrogen) atoms. The lowest BCUT2D eigenvalue weighted by atomic mass is 10.1. The molecule has 3 heterocycles. The summed E-state index contributed by atoms with van der Waals surface area (Å²) < 4.78 is 3.53. The third kappa shape index (κ3) is 3.06. The zero-order valence-electron chi connectivity index (χ0n) is 15.7. The molecular weight excluding hydrogens is 344 g/mol. The SMILES string of the molecule is Cc1c(-c2cc3c(NC(C)C(O)C4CC4)c(C(N)=O)cnn3c2)cnn1C. The normalized spacial score (nSPS) is 16.4. The molecule has 8 heteroatoms. The van der Waals surface area contributed by atoms with Crippen molar-refractivity contribution < 1.29 is 9.90 Å². The number of aryl methyl sites for hydroxylation is 1. The summed E-state index contributed by atoms with van der Waals surface area (Å²) in [7, 11) is 1.89. The number of nitrogens with two attached hydrogens (primary N) is 1. The van der Waals surface area contributed by atoms with Crippen LogP contribution < -0.4 is 11.1 Å². The number of hydrogen-bond acceptors (Lipinski definition) is 5. The molecule has 3 aromatic heterocycles. The maximum absolute atomic E-state index is 12.0. The average Bonchev–Trinajstić information content (AvgIpc) is 3.31. The Bertz CT molecular complexity index is 1020. The van der Waals surface area contributed by atoms with Gasteiger partial charge in [0.1, 0.15) is 0 Å². The van der Waals surface area contributed by atoms with E-state index in [1.165, 1.54) is 6.20 Å². The van der Waals surface area contributed by atoms with E-state index < -0.39 is 12.0 Å². The minimum Gasteiger partial charge on any atom is -0.391 e. The molecule has 0 aromatic carbocycles. The number of aromatic nitrogens is 4. The first-order valence-electron chi connectivity index (χ1n) is 9.11. The number of nitrogens with one attached hydrogen (secondary N) is 1. The Morgan fingerprint density at radius 2 is 2.11 bits per heavy atom. The Kier molecular flexibility index (Phi) is 4.15. The molecular formula is C19H24N6O2. The van der Waals surface area contributed by atoms with E-state index in [1.807, 2.05) is 44.0 Å². The Balaban J connectivity index is 1.80. The summed E-state index contributed by atoms with van der Waals surface area (Å²) in [5.74, 6) is -0.233. The number of rotatable bonds is 6. The van der Waals surface area contributed by atoms with Crippen molar-refractivity contribution in [1.29, 1.82) is 0 Å². The summed E-state index contributed by atoms with van der Waals surface area (Å²) in [4.78, 5) is 12.0. The Morgan fingerprint density at radius 3 is 2.70 bits per heavy atom. The molecule has 3 aromatic rings. The monoisotopic (exact) mass is 368 g/mol. The van der Waals surface area contributed by atoms with E-state index in [1.54, 1.807) is 4.52 Å². The van der Waals surface area contributed by atoms with E-state index in [0.29, 0.717) is 17.2 Å². The molecule has 1 fully saturated rings. The van der Waals surface area contributed by atoms with Crippen molar-refractivity contribution >= 4 is 17.1 Å². The van der Waals surface area contributed by atoms with Gasteiger partial charge in [-0.3, -0.25) is 9.48 Å². The maximum Gasteiger partial charge on any atom is 0.252 e. The van der Waals surface area contributed by atoms with Gasteiger partial charge in [0.05, 0.1) is 35.3 Å². The van der Waals surface area contributed by atoms with Crippen LogP contribution in [0.4, 0.5) is 5.69 Å². The van der Waals surface area contributed by atoms with E-state index in [4.69, 9.17) is 5.73 Å². The number of carbonyl (C=O) groups is 1. The van der Waals surface area contributed by atoms with E-state index in [2.05, 4.69) is 15.5 Å². The van der Waals surface area contributed by atoms with Crippen LogP contribution in [0.1, 0.15) is 35.8 Å². The summed E-state index contributed by atoms with van der Waals surface area (Å²) >= 11 is 0. The molecule has 2 unspecified atom stereocenters. The molecule has 0 bridgehead atoms. The first-order valence-corrected chi connectivity index (χ1v) is 9.11. The summed E-state index contributed by atoms with van der Waals surface area (Å²) in [5.41, 5.74) is 10.2. The second-order valence-corrected chi connectivity index (χ2v) is 7.38. The largest absolute Gasteiger partial charge is 0.391 e. The number of carbonyl (C=O) groups excluding carboxylic acids is 1. The lowest BCUT2D eigenvalue weighted by Crippen LogP contribution is -2.33. The minimum absolute atomic E-state index is 0.208. The van der Waals surface area contributed by atoms with Crippen molar-refractivity contribution in [3.05, 3.63) is 35.9 Å². The topological polar surface area (TPSA) is 110 Å². The van der Waals surface area contributed by atoms with Gasteiger partial charge < -0.3 is 16.2 Å². The number of primary amides is 1. The molecule has 142 valence electrons. The van der Waals surface area contributed by atoms with Crippen LogP contribution in [0, 0.1) is 12.8 Å². The summed E-state index contributed by atoms with van der Waals surface area (Å²) in [5, 5.41) is 22.4. The van der Waals surface area contributed by atoms with E-state index in [0.717, 1.165) is 35.2 Å². The van der Waals surface area contributed by atoms with Gasteiger partial charge in [0.25, 0.3) is 5.91 Å². The molecule has 1 saturated carbocycles. The van der Waals surface area contributed by atoms with Crippen LogP contribution in [0.2, 0.25) is 0 Å². The highest BCUT2D eigenvalue weighted by molar-refractivity contribution is 6.02. The van der Waals surface area contributed by atoms with Gasteiger partial charge in [0.15, 0.2) is 0 Å². The fraction of sp³-hybridized carbons (Fsp3) is 0.421. The van der Waals surface area contributed by atoms with Gasteiger partial charge >= 0.3 is 0 Å². The van der Waals surface area contributed by atoms with Crippen LogP contribution >= 0.6 is 0 Å². The highest BCUT2D eigenvalue weighted by Crippen LogP contribution is 2.36. The second kappa shape index (κ2) is 6.38. The molecule has 4 rings (SSSR count). The van der Waals surface area contributed by atoms with Crippen molar-refractivity contribution in [2.45, 2.75) is 38.8 Å². The predicted molar refractivity (Wildman–Crippen MR) is 102 cm³/mol. The van der Waals surface area contributed by atoms with Crippen molar-refractivity contribution in [1.82, 2.24) is 19.4 Å². The van der Waals surface area contributed by atoms with Gasteiger partial charge in [-0.2, -0.15) is 10.2 Å². The highest BCUT2D eigenvalue weighted by Gasteiger charge is 2.34. The van der Waals surface area contributed by atoms with Gasteiger partial charge in [-0.1, -0.05) is 0 Å². The summed E-state index contributed by atoms with van der Waals surface area (Å²) in [6.45, 7) is 3.92. The van der Waals surface area contributed by atoms with Crippen molar-refractivity contribution in [3.8, 4) is 11.1 Å². The van der Waals surface area contributed by atoms with Gasteiger partial charge in [-0.05, 0) is 38.7 Å². The molecule has 2 atom stereocenters. The molecule has 0 radical (unpaired) electrons. The van der Waals surface area contributed by atoms with Gasteiger partial charge in [0.2, 0.25) is 0 Å². The third-order valence-electron chi connectivity index (χ3n) is 5.44. The van der Waals surface area contributed by atoms with Crippen molar-refractivity contribution in [2.24, 2.45) is 18.7 Å². The van der Waals surface area contributed by atoms with E-state index >= 15 is 0 Å². The fourth-order valence-electron chi connectivity index (χ4n) is 3.48. The zero-order valence-corrected chi connectivity index (χ0v) is 15.7. The number of aliphatic hydroxyl groups excluding tert-OH is 1. The first kappa shape index (κ1) is 17.5. The zero-order chi connectivity index (χ0) is 19.3. The third-order valence-corrected chi connectivity index (χ3v) is 5.44. The van der Waals surface area contributed by atoms with E-state index in [-0.39, 0.29) is 6.04 Å². The molecule has 0 aliphatic heterocycles. The van der Waals surface area contributed by atoms with E-state index in [9.17, 15) is 9.90 Å². The Morgan fingerprint density at radius 1 is 1.37 bits per heavy atom. The molecule has 8 nitrogen and oxygen atoms in total. The number of hydrogen-bond donors (Lipinski definition) is 3. The molecule has 0 saturated heterocycles. The van der Waals surface area contributed by atoms with Gasteiger partial charge in [-0.15, -0.1) is 0 Å². The molecule has 4 N–H and O–H groups in total. The minimum atomic E-state index is -0.555. The molecule has 1 aliphatic carbocycles. The summed E-state index contributed by atoms with van der Waals surface area (Å²) in [6.07, 6.45) is 6.79. The smallest absolute Gasteiger partial charge is 0.252 e. The van der Waals surface area contributed by atoms with Crippen molar-refractivity contribution in [3.63, 3.8) is 0 Å². The lowest BCUT2D eigenvalue weighted by molar-refractivity contribution is 0.1000. The van der Waals surface area contributed by atoms with Crippen LogP contribution in [-0.2, 0) is 7.05 Å². The van der Waals surface area contributed by atoms with Crippen LogP contribution in [0.3, 0.4) is 0 Å². The Hall–Kier alpha value is -2.87. The standard InChI is InChI=1S/C19H24N6O2/c1-10(18(26)12-4-5-12)23-17-15(19(20)27)8-22-25-9-13(6-16(17)25)14-7-21-24(3)11(14)2/h6-10,12,18,23,26H,4-5H2,1-3H3,(H2,20,27). The van der Waals surface area contributed by atoms with Crippen LogP contribution in [0.5, 0.6) is 0 Å². The average molecular weight is 368 g/mol. The lowest BCUT2D eigenvalue weighted by Gasteiger charge is -2.22. The molecule has 1 aliphatic rings. The predicted octanol–water partition coefficient (Wildman–Crippen LogP) is 1.71. The number of aliphatic hydroxyl groups is 1. The fourth-order valence-corrected chi connectivity index (χ4v) is 3.48. The number of anilines is 1. The number of amides is 1. The van der Waals surface area contributed by atoms with Crippen molar-refractivity contribution in [2.75, 3.05) is 5.32 Å². The van der Waals surface area contributed by atoms with Crippen LogP contribution in [0.15, 0.2) is 24.7 Å².